The van der Waals surface area contributed by atoms with Gasteiger partial charge in [0.1, 0.15) is 5.82 Å². The van der Waals surface area contributed by atoms with Gasteiger partial charge in [-0.05, 0) is 30.9 Å². The number of nitrogens with zero attached hydrogens (tertiary/aromatic N) is 1. The molecule has 3 atom stereocenters. The summed E-state index contributed by atoms with van der Waals surface area (Å²) in [6.07, 6.45) is 0.717. The molecular weight excluding hydrogens is 363 g/mol. The van der Waals surface area contributed by atoms with Crippen LogP contribution >= 0.6 is 0 Å². The Labute approximate surface area is 154 Å². The van der Waals surface area contributed by atoms with Crippen LogP contribution in [0.3, 0.4) is 0 Å². The number of β-amino-alcohol motifs (C(OH)–C–C–N with tert-alkyl or cyclic N) is 1. The molecule has 27 heavy (non-hydrogen) atoms. The number of nitrogens with one attached hydrogen (secondary N) is 1. The molecule has 0 spiro atoms. The molecule has 9 heteroatoms. The molecule has 2 amide bonds. The van der Waals surface area contributed by atoms with E-state index in [1.807, 2.05) is 0 Å². The van der Waals surface area contributed by atoms with Crippen molar-refractivity contribution in [2.45, 2.75) is 43.9 Å². The second-order valence-corrected chi connectivity index (χ2v) is 7.23. The lowest BCUT2D eigenvalue weighted by molar-refractivity contribution is -0.151. The van der Waals surface area contributed by atoms with Crippen molar-refractivity contribution in [2.75, 3.05) is 13.1 Å². The zero-order chi connectivity index (χ0) is 19.7. The zero-order valence-electron chi connectivity index (χ0n) is 14.6. The normalized spacial score (nSPS) is 22.9. The average Bonchev–Trinajstić information content (AvgIpc) is 3.42. The lowest BCUT2D eigenvalue weighted by Gasteiger charge is -2.45. The van der Waals surface area contributed by atoms with Crippen LogP contribution in [-0.2, 0) is 16.0 Å². The number of carbonyl (C=O) groups excluding carboxylic acids is 2. The van der Waals surface area contributed by atoms with Gasteiger partial charge >= 0.3 is 0 Å². The molecule has 3 rings (SSSR count). The summed E-state index contributed by atoms with van der Waals surface area (Å²) < 4.78 is 39.9. The number of carbonyl (C=O) groups is 2. The van der Waals surface area contributed by atoms with Crippen LogP contribution in [0.1, 0.15) is 24.8 Å². The Morgan fingerprint density at radius 2 is 1.89 bits per heavy atom. The van der Waals surface area contributed by atoms with Crippen molar-refractivity contribution in [2.24, 2.45) is 11.7 Å². The highest BCUT2D eigenvalue weighted by Gasteiger charge is 2.41. The van der Waals surface area contributed by atoms with E-state index in [4.69, 9.17) is 5.73 Å². The van der Waals surface area contributed by atoms with E-state index in [1.54, 1.807) is 0 Å². The lowest BCUT2D eigenvalue weighted by atomic mass is 9.96. The van der Waals surface area contributed by atoms with Gasteiger partial charge in [0.05, 0.1) is 12.1 Å². The minimum atomic E-state index is -1.29. The summed E-state index contributed by atoms with van der Waals surface area (Å²) in [5.74, 6) is -3.77. The monoisotopic (exact) mass is 385 g/mol. The number of rotatable bonds is 7. The van der Waals surface area contributed by atoms with Gasteiger partial charge in [0.15, 0.2) is 11.6 Å². The maximum atomic E-state index is 13.7. The molecule has 1 saturated heterocycles. The number of hydrogen-bond donors (Lipinski definition) is 3. The molecule has 6 nitrogen and oxygen atoms in total. The van der Waals surface area contributed by atoms with Crippen LogP contribution in [-0.4, -0.2) is 53.1 Å². The molecule has 1 aliphatic carbocycles. The number of hydrogen-bond acceptors (Lipinski definition) is 4. The minimum Gasteiger partial charge on any atom is -0.389 e. The van der Waals surface area contributed by atoms with Crippen LogP contribution in [0.4, 0.5) is 13.2 Å². The number of halogens is 3. The van der Waals surface area contributed by atoms with E-state index in [-0.39, 0.29) is 49.2 Å². The highest BCUT2D eigenvalue weighted by Crippen LogP contribution is 2.29. The van der Waals surface area contributed by atoms with Crippen LogP contribution in [0, 0.1) is 23.4 Å². The predicted octanol–water partition coefficient (Wildman–Crippen LogP) is 0.462. The summed E-state index contributed by atoms with van der Waals surface area (Å²) in [7, 11) is 0. The first kappa shape index (κ1) is 19.6. The maximum absolute atomic E-state index is 13.7. The fourth-order valence-corrected chi connectivity index (χ4v) is 3.17. The van der Waals surface area contributed by atoms with Gasteiger partial charge in [-0.1, -0.05) is 0 Å². The van der Waals surface area contributed by atoms with Crippen LogP contribution in [0.15, 0.2) is 12.1 Å². The van der Waals surface area contributed by atoms with Crippen molar-refractivity contribution in [3.05, 3.63) is 35.1 Å². The first-order valence-corrected chi connectivity index (χ1v) is 8.90. The Morgan fingerprint density at radius 3 is 2.52 bits per heavy atom. The fraction of sp³-hybridized carbons (Fsp3) is 0.556. The van der Waals surface area contributed by atoms with Gasteiger partial charge < -0.3 is 21.1 Å². The summed E-state index contributed by atoms with van der Waals surface area (Å²) in [6.45, 7) is 0.296. The van der Waals surface area contributed by atoms with Crippen molar-refractivity contribution in [3.8, 4) is 0 Å². The molecule has 2 fully saturated rings. The van der Waals surface area contributed by atoms with Gasteiger partial charge in [0, 0.05) is 37.5 Å². The third-order valence-electron chi connectivity index (χ3n) is 4.99. The average molecular weight is 385 g/mol. The number of amides is 2. The Morgan fingerprint density at radius 1 is 1.22 bits per heavy atom. The molecular formula is C18H22F3N3O3. The zero-order valence-corrected chi connectivity index (χ0v) is 14.6. The first-order chi connectivity index (χ1) is 12.8. The molecule has 1 heterocycles. The van der Waals surface area contributed by atoms with Crippen molar-refractivity contribution in [1.29, 1.82) is 0 Å². The Hall–Kier alpha value is -2.13. The topological polar surface area (TPSA) is 95.7 Å². The molecule has 0 radical (unpaired) electrons. The summed E-state index contributed by atoms with van der Waals surface area (Å²) in [5.41, 5.74) is 5.76. The highest BCUT2D eigenvalue weighted by atomic mass is 19.2. The molecule has 1 saturated carbocycles. The lowest BCUT2D eigenvalue weighted by Crippen LogP contribution is -2.66. The molecule has 0 aromatic heterocycles. The van der Waals surface area contributed by atoms with Gasteiger partial charge in [-0.3, -0.25) is 9.59 Å². The molecule has 1 aromatic carbocycles. The predicted molar refractivity (Wildman–Crippen MR) is 89.9 cm³/mol. The van der Waals surface area contributed by atoms with E-state index in [1.165, 1.54) is 4.90 Å². The van der Waals surface area contributed by atoms with Crippen LogP contribution < -0.4 is 11.1 Å². The molecule has 4 N–H and O–H groups in total. The highest BCUT2D eigenvalue weighted by molar-refractivity contribution is 5.81. The molecule has 2 aliphatic rings. The summed E-state index contributed by atoms with van der Waals surface area (Å²) in [5, 5.41) is 12.6. The molecule has 1 aromatic rings. The second-order valence-electron chi connectivity index (χ2n) is 7.23. The van der Waals surface area contributed by atoms with Crippen LogP contribution in [0.2, 0.25) is 0 Å². The number of benzene rings is 1. The van der Waals surface area contributed by atoms with Crippen molar-refractivity contribution < 1.29 is 27.9 Å². The summed E-state index contributed by atoms with van der Waals surface area (Å²) >= 11 is 0. The summed E-state index contributed by atoms with van der Waals surface area (Å²) in [6, 6.07) is -0.133. The quantitative estimate of drug-likeness (QED) is 0.595. The van der Waals surface area contributed by atoms with Gasteiger partial charge in [-0.2, -0.15) is 0 Å². The van der Waals surface area contributed by atoms with E-state index in [0.717, 1.165) is 18.9 Å². The van der Waals surface area contributed by atoms with E-state index >= 15 is 0 Å². The van der Waals surface area contributed by atoms with Gasteiger partial charge in [0.25, 0.3) is 0 Å². The Bertz CT molecular complexity index is 742. The van der Waals surface area contributed by atoms with Gasteiger partial charge in [-0.25, -0.2) is 13.2 Å². The number of likely N-dealkylation sites (tertiary alicyclic amines) is 1. The first-order valence-electron chi connectivity index (χ1n) is 8.90. The van der Waals surface area contributed by atoms with Gasteiger partial charge in [-0.15, -0.1) is 0 Å². The van der Waals surface area contributed by atoms with E-state index in [9.17, 15) is 27.9 Å². The standard InChI is InChI=1S/C18H22F3N3O3/c19-12-6-14(21)13(20)4-10(12)3-11(22)5-17(26)24-8-16(25)15(24)7-23-18(27)9-1-2-9/h4,6,9,11,15-16,25H,1-3,5,7-8,22H2,(H,23,27)/t11-,15-,16?/m1/s1. The fourth-order valence-electron chi connectivity index (χ4n) is 3.17. The van der Waals surface area contributed by atoms with Crippen molar-refractivity contribution in [3.63, 3.8) is 0 Å². The number of nitrogens with two attached hydrogens (primary N) is 1. The van der Waals surface area contributed by atoms with Crippen LogP contribution in [0.25, 0.3) is 0 Å². The summed E-state index contributed by atoms with van der Waals surface area (Å²) in [4.78, 5) is 25.5. The van der Waals surface area contributed by atoms with E-state index < -0.39 is 35.6 Å². The Balaban J connectivity index is 1.51. The smallest absolute Gasteiger partial charge is 0.224 e. The maximum Gasteiger partial charge on any atom is 0.224 e. The molecule has 148 valence electrons. The molecule has 1 unspecified atom stereocenters. The molecule has 1 aliphatic heterocycles. The number of aliphatic hydroxyl groups excluding tert-OH is 1. The largest absolute Gasteiger partial charge is 0.389 e. The third-order valence-corrected chi connectivity index (χ3v) is 4.99. The van der Waals surface area contributed by atoms with E-state index in [0.29, 0.717) is 6.07 Å². The SMILES string of the molecule is N[C@@H](CC(=O)N1CC(O)[C@H]1CNC(=O)C1CC1)Cc1cc(F)c(F)cc1F. The third kappa shape index (κ3) is 4.59. The van der Waals surface area contributed by atoms with E-state index in [2.05, 4.69) is 5.32 Å². The van der Waals surface area contributed by atoms with Crippen LogP contribution in [0.5, 0.6) is 0 Å². The van der Waals surface area contributed by atoms with Crippen molar-refractivity contribution >= 4 is 11.8 Å². The van der Waals surface area contributed by atoms with Gasteiger partial charge in [0.2, 0.25) is 11.8 Å². The Kier molecular flexibility index (Phi) is 5.71. The minimum absolute atomic E-state index is 0.0331. The second kappa shape index (κ2) is 7.85. The molecule has 0 bridgehead atoms. The number of aliphatic hydroxyl groups is 1. The van der Waals surface area contributed by atoms with Crippen molar-refractivity contribution in [1.82, 2.24) is 10.2 Å².